The van der Waals surface area contributed by atoms with Crippen molar-refractivity contribution in [3.05, 3.63) is 40.7 Å². The predicted octanol–water partition coefficient (Wildman–Crippen LogP) is 0.774. The van der Waals surface area contributed by atoms with Crippen LogP contribution in [0.4, 0.5) is 0 Å². The quantitative estimate of drug-likeness (QED) is 0.574. The second-order valence-electron chi connectivity index (χ2n) is 8.30. The van der Waals surface area contributed by atoms with Crippen LogP contribution in [-0.4, -0.2) is 77.2 Å². The Hall–Kier alpha value is -2.54. The van der Waals surface area contributed by atoms with E-state index in [1.165, 1.54) is 28.7 Å². The Morgan fingerprint density at radius 2 is 2.12 bits per heavy atom. The van der Waals surface area contributed by atoms with Crippen molar-refractivity contribution in [1.82, 2.24) is 24.6 Å². The van der Waals surface area contributed by atoms with Crippen molar-refractivity contribution in [2.75, 3.05) is 20.3 Å². The molecule has 2 aliphatic heterocycles. The van der Waals surface area contributed by atoms with Gasteiger partial charge in [-0.15, -0.1) is 5.10 Å². The number of carbonyl (C=O) groups is 2. The summed E-state index contributed by atoms with van der Waals surface area (Å²) in [5, 5.41) is 10.3. The van der Waals surface area contributed by atoms with E-state index in [4.69, 9.17) is 22.1 Å². The van der Waals surface area contributed by atoms with Crippen molar-refractivity contribution >= 4 is 33.4 Å². The monoisotopic (exact) mass is 496 g/mol. The third kappa shape index (κ3) is 4.60. The molecule has 3 atom stereocenters. The molecule has 0 radical (unpaired) electrons. The summed E-state index contributed by atoms with van der Waals surface area (Å²) in [6, 6.07) is 2.44. The Bertz CT molecular complexity index is 1140. The number of sulfonamides is 1. The van der Waals surface area contributed by atoms with Gasteiger partial charge in [-0.2, -0.15) is 4.31 Å². The standard InChI is InChI=1S/C20H25ClN6O5S/c1-32-11-13-9-26(10-15-8-23-25-24-15)20(29)18-4-2-3-17(13)27(18)33(30,31)16-6-12(19(22)28)5-14(21)7-16/h5-8,13,17-18H,2-4,9-11H2,1H3,(H2,22,28)(H,23,24,25)/t13-,17-,18+/m1/s1. The maximum Gasteiger partial charge on any atom is 0.248 e. The van der Waals surface area contributed by atoms with E-state index in [0.717, 1.165) is 0 Å². The van der Waals surface area contributed by atoms with E-state index in [2.05, 4.69) is 15.4 Å². The number of hydrogen-bond acceptors (Lipinski definition) is 7. The van der Waals surface area contributed by atoms with Crippen LogP contribution in [0.15, 0.2) is 29.3 Å². The van der Waals surface area contributed by atoms with Crippen molar-refractivity contribution < 1.29 is 22.7 Å². The number of nitrogens with zero attached hydrogens (tertiary/aromatic N) is 4. The number of ether oxygens (including phenoxy) is 1. The van der Waals surface area contributed by atoms with Gasteiger partial charge < -0.3 is 15.4 Å². The molecular weight excluding hydrogens is 472 g/mol. The van der Waals surface area contributed by atoms with Crippen LogP contribution in [0.2, 0.25) is 5.02 Å². The number of H-pyrrole nitrogens is 1. The highest BCUT2D eigenvalue weighted by molar-refractivity contribution is 7.89. The van der Waals surface area contributed by atoms with Crippen LogP contribution in [0.1, 0.15) is 35.3 Å². The number of aromatic nitrogens is 3. The topological polar surface area (TPSA) is 152 Å². The zero-order valence-electron chi connectivity index (χ0n) is 18.0. The van der Waals surface area contributed by atoms with Gasteiger partial charge in [-0.3, -0.25) is 14.7 Å². The van der Waals surface area contributed by atoms with E-state index in [1.54, 1.807) is 12.0 Å². The maximum absolute atomic E-state index is 13.9. The van der Waals surface area contributed by atoms with E-state index >= 15 is 0 Å². The number of halogens is 1. The molecule has 2 aromatic rings. The Morgan fingerprint density at radius 3 is 2.79 bits per heavy atom. The fourth-order valence-corrected chi connectivity index (χ4v) is 6.99. The summed E-state index contributed by atoms with van der Waals surface area (Å²) in [6.07, 6.45) is 3.20. The zero-order chi connectivity index (χ0) is 23.8. The lowest BCUT2D eigenvalue weighted by Gasteiger charge is -2.40. The third-order valence-electron chi connectivity index (χ3n) is 6.15. The van der Waals surface area contributed by atoms with Gasteiger partial charge in [0.1, 0.15) is 6.04 Å². The summed E-state index contributed by atoms with van der Waals surface area (Å²) in [6.45, 7) is 0.823. The molecule has 3 heterocycles. The van der Waals surface area contributed by atoms with Crippen molar-refractivity contribution in [3.63, 3.8) is 0 Å². The van der Waals surface area contributed by atoms with Crippen LogP contribution in [0.3, 0.4) is 0 Å². The minimum Gasteiger partial charge on any atom is -0.384 e. The number of methoxy groups -OCH3 is 1. The molecule has 2 saturated heterocycles. The fourth-order valence-electron chi connectivity index (χ4n) is 4.73. The highest BCUT2D eigenvalue weighted by Crippen LogP contribution is 2.38. The highest BCUT2D eigenvalue weighted by Gasteiger charge is 2.50. The zero-order valence-corrected chi connectivity index (χ0v) is 19.6. The van der Waals surface area contributed by atoms with E-state index in [-0.39, 0.29) is 40.5 Å². The molecule has 0 saturated carbocycles. The van der Waals surface area contributed by atoms with Crippen molar-refractivity contribution in [2.24, 2.45) is 11.7 Å². The molecule has 3 N–H and O–H groups in total. The van der Waals surface area contributed by atoms with E-state index in [0.29, 0.717) is 31.5 Å². The van der Waals surface area contributed by atoms with Crippen LogP contribution in [0.25, 0.3) is 0 Å². The molecule has 2 aliphatic rings. The number of fused-ring (bicyclic) bond motifs is 2. The Morgan fingerprint density at radius 1 is 1.33 bits per heavy atom. The number of carbonyl (C=O) groups excluding carboxylic acids is 2. The fraction of sp³-hybridized carbons (Fsp3) is 0.500. The summed E-state index contributed by atoms with van der Waals surface area (Å²) in [7, 11) is -2.64. The maximum atomic E-state index is 13.9. The highest BCUT2D eigenvalue weighted by atomic mass is 35.5. The molecule has 0 aliphatic carbocycles. The SMILES string of the molecule is COC[C@H]1CN(Cc2cnn[nH]2)C(=O)[C@@H]2CCC[C@H]1N2S(=O)(=O)c1cc(Cl)cc(C(N)=O)c1. The number of hydrogen-bond donors (Lipinski definition) is 2. The van der Waals surface area contributed by atoms with Gasteiger partial charge in [0.25, 0.3) is 0 Å². The van der Waals surface area contributed by atoms with Gasteiger partial charge >= 0.3 is 0 Å². The molecule has 33 heavy (non-hydrogen) atoms. The number of aromatic amines is 1. The number of nitrogens with two attached hydrogens (primary N) is 1. The van der Waals surface area contributed by atoms with Gasteiger partial charge in [-0.25, -0.2) is 8.42 Å². The molecule has 11 nitrogen and oxygen atoms in total. The summed E-state index contributed by atoms with van der Waals surface area (Å²) >= 11 is 6.10. The van der Waals surface area contributed by atoms with E-state index < -0.39 is 28.0 Å². The largest absolute Gasteiger partial charge is 0.384 e. The van der Waals surface area contributed by atoms with Gasteiger partial charge in [0.2, 0.25) is 21.8 Å². The first-order valence-electron chi connectivity index (χ1n) is 10.5. The minimum absolute atomic E-state index is 0.0193. The Kier molecular flexibility index (Phi) is 6.71. The number of benzene rings is 1. The minimum atomic E-state index is -4.19. The van der Waals surface area contributed by atoms with E-state index in [9.17, 15) is 18.0 Å². The number of piperidine rings is 1. The first-order valence-corrected chi connectivity index (χ1v) is 12.3. The predicted molar refractivity (Wildman–Crippen MR) is 118 cm³/mol. The van der Waals surface area contributed by atoms with Crippen LogP contribution in [0.5, 0.6) is 0 Å². The van der Waals surface area contributed by atoms with Crippen LogP contribution < -0.4 is 5.73 Å². The number of nitrogens with one attached hydrogen (secondary N) is 1. The summed E-state index contributed by atoms with van der Waals surface area (Å²) in [5.74, 6) is -1.35. The average molecular weight is 497 g/mol. The summed E-state index contributed by atoms with van der Waals surface area (Å²) < 4.78 is 34.5. The van der Waals surface area contributed by atoms with Gasteiger partial charge in [-0.05, 0) is 37.5 Å². The molecular formula is C20H25ClN6O5S. The summed E-state index contributed by atoms with van der Waals surface area (Å²) in [4.78, 5) is 26.8. The molecule has 13 heteroatoms. The number of primary amides is 1. The average Bonchev–Trinajstić information content (AvgIpc) is 3.27. The smallest absolute Gasteiger partial charge is 0.248 e. The normalized spacial score (nSPS) is 24.0. The molecule has 0 unspecified atom stereocenters. The van der Waals surface area contributed by atoms with Gasteiger partial charge in [0.15, 0.2) is 0 Å². The number of amides is 2. The van der Waals surface area contributed by atoms with Crippen LogP contribution in [0, 0.1) is 5.92 Å². The van der Waals surface area contributed by atoms with Crippen LogP contribution >= 0.6 is 11.6 Å². The van der Waals surface area contributed by atoms with Gasteiger partial charge in [0, 0.05) is 36.2 Å². The molecule has 2 amide bonds. The van der Waals surface area contributed by atoms with Gasteiger partial charge in [-0.1, -0.05) is 16.8 Å². The first-order chi connectivity index (χ1) is 15.7. The molecule has 2 bridgehead atoms. The van der Waals surface area contributed by atoms with Crippen molar-refractivity contribution in [1.29, 1.82) is 0 Å². The summed E-state index contributed by atoms with van der Waals surface area (Å²) in [5.41, 5.74) is 5.99. The lowest BCUT2D eigenvalue weighted by atomic mass is 9.91. The third-order valence-corrected chi connectivity index (χ3v) is 8.28. The molecule has 2 fully saturated rings. The van der Waals surface area contributed by atoms with E-state index in [1.807, 2.05) is 0 Å². The lowest BCUT2D eigenvalue weighted by Crippen LogP contribution is -2.55. The molecule has 1 aromatic carbocycles. The second kappa shape index (κ2) is 9.37. The molecule has 1 aromatic heterocycles. The molecule has 178 valence electrons. The lowest BCUT2D eigenvalue weighted by molar-refractivity contribution is -0.135. The Balaban J connectivity index is 1.78. The first kappa shape index (κ1) is 23.6. The Labute approximate surface area is 196 Å². The van der Waals surface area contributed by atoms with Gasteiger partial charge in [0.05, 0.1) is 29.9 Å². The van der Waals surface area contributed by atoms with Crippen molar-refractivity contribution in [2.45, 2.75) is 42.8 Å². The molecule has 4 rings (SSSR count). The number of rotatable bonds is 7. The van der Waals surface area contributed by atoms with Crippen molar-refractivity contribution in [3.8, 4) is 0 Å². The molecule has 0 spiro atoms. The van der Waals surface area contributed by atoms with Crippen LogP contribution in [-0.2, 0) is 26.1 Å². The second-order valence-corrected chi connectivity index (χ2v) is 10.6.